The van der Waals surface area contributed by atoms with E-state index in [-0.39, 0.29) is 11.8 Å². The van der Waals surface area contributed by atoms with Crippen LogP contribution in [0.1, 0.15) is 25.0 Å². The van der Waals surface area contributed by atoms with Crippen molar-refractivity contribution in [3.8, 4) is 0 Å². The molecule has 0 bridgehead atoms. The van der Waals surface area contributed by atoms with Gasteiger partial charge in [-0.2, -0.15) is 0 Å². The standard InChI is InChI=1S/C12H17N3O3/c1-8-11(15(17)18)4-5-12(14-8)13-7-9-2-3-10(16)6-9/h4-5,9-10,16H,2-3,6-7H2,1H3,(H,13,14). The van der Waals surface area contributed by atoms with Gasteiger partial charge in [0.05, 0.1) is 11.0 Å². The van der Waals surface area contributed by atoms with Crippen LogP contribution in [0.2, 0.25) is 0 Å². The molecular weight excluding hydrogens is 234 g/mol. The van der Waals surface area contributed by atoms with Gasteiger partial charge in [0.25, 0.3) is 5.69 Å². The average Bonchev–Trinajstić information content (AvgIpc) is 2.72. The van der Waals surface area contributed by atoms with Gasteiger partial charge in [-0.25, -0.2) is 4.98 Å². The first-order chi connectivity index (χ1) is 8.56. The lowest BCUT2D eigenvalue weighted by Crippen LogP contribution is -2.13. The minimum Gasteiger partial charge on any atom is -0.393 e. The summed E-state index contributed by atoms with van der Waals surface area (Å²) in [6, 6.07) is 3.09. The minimum absolute atomic E-state index is 0.0387. The Hall–Kier alpha value is -1.69. The fourth-order valence-electron chi connectivity index (χ4n) is 2.33. The van der Waals surface area contributed by atoms with Gasteiger partial charge < -0.3 is 10.4 Å². The average molecular weight is 251 g/mol. The van der Waals surface area contributed by atoms with Crippen LogP contribution >= 0.6 is 0 Å². The molecule has 1 aromatic heterocycles. The highest BCUT2D eigenvalue weighted by Crippen LogP contribution is 2.26. The van der Waals surface area contributed by atoms with Crippen molar-refractivity contribution in [2.24, 2.45) is 5.92 Å². The van der Waals surface area contributed by atoms with E-state index < -0.39 is 4.92 Å². The van der Waals surface area contributed by atoms with E-state index in [9.17, 15) is 15.2 Å². The van der Waals surface area contributed by atoms with E-state index >= 15 is 0 Å². The first kappa shape index (κ1) is 12.8. The van der Waals surface area contributed by atoms with E-state index in [0.29, 0.717) is 17.4 Å². The van der Waals surface area contributed by atoms with Crippen LogP contribution in [0.15, 0.2) is 12.1 Å². The summed E-state index contributed by atoms with van der Waals surface area (Å²) in [6.07, 6.45) is 2.52. The third-order valence-corrected chi connectivity index (χ3v) is 3.34. The number of hydrogen-bond donors (Lipinski definition) is 2. The molecule has 1 fully saturated rings. The SMILES string of the molecule is Cc1nc(NCC2CCC(O)C2)ccc1[N+](=O)[O-]. The molecule has 0 aromatic carbocycles. The number of aliphatic hydroxyl groups excluding tert-OH is 1. The summed E-state index contributed by atoms with van der Waals surface area (Å²) >= 11 is 0. The molecule has 1 aliphatic carbocycles. The van der Waals surface area contributed by atoms with Crippen molar-refractivity contribution in [3.05, 3.63) is 27.9 Å². The number of aliphatic hydroxyl groups is 1. The van der Waals surface area contributed by atoms with Crippen LogP contribution in [-0.2, 0) is 0 Å². The Kier molecular flexibility index (Phi) is 3.76. The van der Waals surface area contributed by atoms with Gasteiger partial charge in [0.2, 0.25) is 0 Å². The predicted octanol–water partition coefficient (Wildman–Crippen LogP) is 1.87. The highest BCUT2D eigenvalue weighted by atomic mass is 16.6. The summed E-state index contributed by atoms with van der Waals surface area (Å²) in [5.74, 6) is 1.11. The number of aromatic nitrogens is 1. The second-order valence-corrected chi connectivity index (χ2v) is 4.77. The molecule has 0 amide bonds. The predicted molar refractivity (Wildman–Crippen MR) is 67.5 cm³/mol. The van der Waals surface area contributed by atoms with E-state index in [1.54, 1.807) is 13.0 Å². The van der Waals surface area contributed by atoms with Crippen molar-refractivity contribution < 1.29 is 10.0 Å². The molecule has 18 heavy (non-hydrogen) atoms. The Morgan fingerprint density at radius 3 is 2.89 bits per heavy atom. The molecular formula is C12H17N3O3. The van der Waals surface area contributed by atoms with Gasteiger partial charge in [0.1, 0.15) is 11.5 Å². The van der Waals surface area contributed by atoms with Crippen LogP contribution in [-0.4, -0.2) is 27.7 Å². The highest BCUT2D eigenvalue weighted by Gasteiger charge is 2.22. The molecule has 2 N–H and O–H groups in total. The van der Waals surface area contributed by atoms with Crippen molar-refractivity contribution in [2.75, 3.05) is 11.9 Å². The van der Waals surface area contributed by atoms with Crippen molar-refractivity contribution in [2.45, 2.75) is 32.3 Å². The molecule has 0 radical (unpaired) electrons. The lowest BCUT2D eigenvalue weighted by molar-refractivity contribution is -0.385. The van der Waals surface area contributed by atoms with Crippen molar-refractivity contribution in [1.82, 2.24) is 4.98 Å². The Bertz CT molecular complexity index is 450. The largest absolute Gasteiger partial charge is 0.393 e. The number of nitrogens with zero attached hydrogens (tertiary/aromatic N) is 2. The van der Waals surface area contributed by atoms with Gasteiger partial charge in [-0.05, 0) is 38.2 Å². The lowest BCUT2D eigenvalue weighted by atomic mass is 10.1. The molecule has 0 spiro atoms. The summed E-state index contributed by atoms with van der Waals surface area (Å²) in [5.41, 5.74) is 0.452. The molecule has 1 heterocycles. The Morgan fingerprint density at radius 2 is 2.33 bits per heavy atom. The number of anilines is 1. The van der Waals surface area contributed by atoms with E-state index in [1.165, 1.54) is 6.07 Å². The van der Waals surface area contributed by atoms with E-state index in [0.717, 1.165) is 25.8 Å². The second kappa shape index (κ2) is 5.30. The van der Waals surface area contributed by atoms with Crippen molar-refractivity contribution in [1.29, 1.82) is 0 Å². The van der Waals surface area contributed by atoms with Gasteiger partial charge in [-0.3, -0.25) is 10.1 Å². The van der Waals surface area contributed by atoms with Gasteiger partial charge in [-0.1, -0.05) is 0 Å². The van der Waals surface area contributed by atoms with Crippen molar-refractivity contribution >= 4 is 11.5 Å². The molecule has 1 saturated carbocycles. The third kappa shape index (κ3) is 2.95. The van der Waals surface area contributed by atoms with Gasteiger partial charge in [0.15, 0.2) is 0 Å². The number of nitrogens with one attached hydrogen (secondary N) is 1. The monoisotopic (exact) mass is 251 g/mol. The van der Waals surface area contributed by atoms with Crippen molar-refractivity contribution in [3.63, 3.8) is 0 Å². The third-order valence-electron chi connectivity index (χ3n) is 3.34. The van der Waals surface area contributed by atoms with E-state index in [4.69, 9.17) is 0 Å². The number of aryl methyl sites for hydroxylation is 1. The van der Waals surface area contributed by atoms with Gasteiger partial charge in [-0.15, -0.1) is 0 Å². The lowest BCUT2D eigenvalue weighted by Gasteiger charge is -2.11. The van der Waals surface area contributed by atoms with E-state index in [2.05, 4.69) is 10.3 Å². The zero-order valence-corrected chi connectivity index (χ0v) is 10.3. The summed E-state index contributed by atoms with van der Waals surface area (Å²) in [5, 5.41) is 23.2. The van der Waals surface area contributed by atoms with Crippen LogP contribution in [0.3, 0.4) is 0 Å². The summed E-state index contributed by atoms with van der Waals surface area (Å²) < 4.78 is 0. The molecule has 0 aliphatic heterocycles. The zero-order chi connectivity index (χ0) is 13.1. The number of nitro groups is 1. The fourth-order valence-corrected chi connectivity index (χ4v) is 2.33. The molecule has 6 nitrogen and oxygen atoms in total. The first-order valence-electron chi connectivity index (χ1n) is 6.10. The van der Waals surface area contributed by atoms with E-state index in [1.807, 2.05) is 0 Å². The number of hydrogen-bond acceptors (Lipinski definition) is 5. The summed E-state index contributed by atoms with van der Waals surface area (Å²) in [4.78, 5) is 14.4. The quantitative estimate of drug-likeness (QED) is 0.630. The molecule has 98 valence electrons. The molecule has 1 aromatic rings. The summed E-state index contributed by atoms with van der Waals surface area (Å²) in [6.45, 7) is 2.38. The topological polar surface area (TPSA) is 88.3 Å². The molecule has 2 rings (SSSR count). The smallest absolute Gasteiger partial charge is 0.290 e. The normalized spacial score (nSPS) is 23.0. The van der Waals surface area contributed by atoms with Crippen LogP contribution in [0.5, 0.6) is 0 Å². The maximum Gasteiger partial charge on any atom is 0.290 e. The number of rotatable bonds is 4. The van der Waals surface area contributed by atoms with Crippen LogP contribution < -0.4 is 5.32 Å². The Balaban J connectivity index is 1.94. The van der Waals surface area contributed by atoms with Crippen LogP contribution in [0.25, 0.3) is 0 Å². The molecule has 1 aliphatic rings. The zero-order valence-electron chi connectivity index (χ0n) is 10.3. The Labute approximate surface area is 105 Å². The summed E-state index contributed by atoms with van der Waals surface area (Å²) in [7, 11) is 0. The first-order valence-corrected chi connectivity index (χ1v) is 6.10. The molecule has 2 atom stereocenters. The molecule has 0 saturated heterocycles. The van der Waals surface area contributed by atoms with Gasteiger partial charge >= 0.3 is 0 Å². The molecule has 2 unspecified atom stereocenters. The van der Waals surface area contributed by atoms with Crippen LogP contribution in [0.4, 0.5) is 11.5 Å². The fraction of sp³-hybridized carbons (Fsp3) is 0.583. The Morgan fingerprint density at radius 1 is 1.56 bits per heavy atom. The van der Waals surface area contributed by atoms with Crippen LogP contribution in [0, 0.1) is 23.0 Å². The maximum atomic E-state index is 10.7. The second-order valence-electron chi connectivity index (χ2n) is 4.77. The van der Waals surface area contributed by atoms with Gasteiger partial charge in [0, 0.05) is 12.6 Å². The molecule has 6 heteroatoms. The highest BCUT2D eigenvalue weighted by molar-refractivity contribution is 5.44. The minimum atomic E-state index is -0.431. The number of pyridine rings is 1. The maximum absolute atomic E-state index is 10.7.